The monoisotopic (exact) mass is 820 g/mol. The smallest absolute Gasteiger partial charge is 0.330 e. The third-order valence-electron chi connectivity index (χ3n) is 16.8. The Hall–Kier alpha value is -1.60. The Morgan fingerprint density at radius 2 is 1.43 bits per heavy atom. The Balaban J connectivity index is 1.10. The summed E-state index contributed by atoms with van der Waals surface area (Å²) >= 11 is 26.1. The van der Waals surface area contributed by atoms with E-state index in [0.717, 1.165) is 51.4 Å². The fraction of sp³-hybridized carbons (Fsp3) is 0.727. The number of nitrogens with zero attached hydrogens (tertiary/aromatic N) is 2. The van der Waals surface area contributed by atoms with Gasteiger partial charge in [0.25, 0.3) is 0 Å². The molecule has 5 aliphatic carbocycles. The molecule has 2 unspecified atom stereocenters. The molecule has 0 N–H and O–H groups in total. The number of hydrogen-bond donors (Lipinski definition) is 0. The molecule has 12 atom stereocenters. The molecule has 298 valence electrons. The van der Waals surface area contributed by atoms with Gasteiger partial charge in [0.1, 0.15) is 6.10 Å². The Kier molecular flexibility index (Phi) is 11.0. The molecule has 0 aromatic carbocycles. The summed E-state index contributed by atoms with van der Waals surface area (Å²) in [4.78, 5) is 27.0. The van der Waals surface area contributed by atoms with Crippen LogP contribution in [-0.4, -0.2) is 57.3 Å². The molecule has 2 heterocycles. The molecule has 5 fully saturated rings. The first-order valence-corrected chi connectivity index (χ1v) is 21.9. The van der Waals surface area contributed by atoms with Gasteiger partial charge < -0.3 is 9.47 Å². The minimum absolute atomic E-state index is 0.0828. The fourth-order valence-corrected chi connectivity index (χ4v) is 14.9. The van der Waals surface area contributed by atoms with E-state index >= 15 is 0 Å². The van der Waals surface area contributed by atoms with Crippen LogP contribution >= 0.6 is 46.8 Å². The van der Waals surface area contributed by atoms with Gasteiger partial charge >= 0.3 is 11.9 Å². The molecule has 5 saturated carbocycles. The zero-order chi connectivity index (χ0) is 39.0. The molecule has 0 saturated heterocycles. The highest BCUT2D eigenvalue weighted by Gasteiger charge is 2.71. The maximum Gasteiger partial charge on any atom is 0.330 e. The predicted molar refractivity (Wildman–Crippen MR) is 219 cm³/mol. The van der Waals surface area contributed by atoms with Crippen molar-refractivity contribution in [2.75, 3.05) is 19.7 Å². The van der Waals surface area contributed by atoms with Crippen molar-refractivity contribution in [3.8, 4) is 0 Å². The molecule has 0 radical (unpaired) electrons. The van der Waals surface area contributed by atoms with E-state index < -0.39 is 22.7 Å². The number of esters is 2. The first-order chi connectivity index (χ1) is 25.4. The van der Waals surface area contributed by atoms with E-state index in [1.807, 2.05) is 24.3 Å². The lowest BCUT2D eigenvalue weighted by Gasteiger charge is -2.73. The maximum atomic E-state index is 13.5. The van der Waals surface area contributed by atoms with Crippen LogP contribution in [0.2, 0.25) is 0 Å². The average molecular weight is 823 g/mol. The maximum absolute atomic E-state index is 13.5. The van der Waals surface area contributed by atoms with Crippen LogP contribution in [0, 0.1) is 56.7 Å². The Bertz CT molecular complexity index is 1660. The number of fused-ring (bicyclic) bond motifs is 7. The number of carbonyl (C=O) groups excluding carboxylic acids is 2. The van der Waals surface area contributed by atoms with Gasteiger partial charge in [-0.3, -0.25) is 18.4 Å². The SMILES string of the molecule is C=C(C)[C@@H]1CC[C@]2(COC(=O)C(Cl)C3=CC=CCN3Cl)CC[C@]3(C)[C@H](CC[C@@H]4[C@@]5(C)CC[C@H](OC(=O)C(Cl)C6=CC=CCN6Cl)C(C)(C)[C@@H]5CC[C@]43C)[C@@H]12. The largest absolute Gasteiger partial charge is 0.464 e. The van der Waals surface area contributed by atoms with Crippen molar-refractivity contribution in [2.24, 2.45) is 56.7 Å². The quantitative estimate of drug-likeness (QED) is 0.105. The molecule has 7 aliphatic rings. The number of ether oxygens (including phenoxy) is 2. The van der Waals surface area contributed by atoms with Crippen LogP contribution in [0.15, 0.2) is 60.0 Å². The van der Waals surface area contributed by atoms with E-state index in [1.54, 1.807) is 12.2 Å². The highest BCUT2D eigenvalue weighted by atomic mass is 35.5. The van der Waals surface area contributed by atoms with Gasteiger partial charge in [-0.05, 0) is 129 Å². The zero-order valence-electron chi connectivity index (χ0n) is 33.0. The molecule has 0 amide bonds. The molecule has 0 bridgehead atoms. The van der Waals surface area contributed by atoms with Crippen LogP contribution < -0.4 is 0 Å². The summed E-state index contributed by atoms with van der Waals surface area (Å²) in [5.41, 5.74) is 2.53. The van der Waals surface area contributed by atoms with Gasteiger partial charge in [0.15, 0.2) is 10.8 Å². The Labute approximate surface area is 343 Å². The summed E-state index contributed by atoms with van der Waals surface area (Å²) in [7, 11) is 0. The van der Waals surface area contributed by atoms with Gasteiger partial charge in [-0.25, -0.2) is 0 Å². The number of carbonyl (C=O) groups is 2. The summed E-state index contributed by atoms with van der Waals surface area (Å²) < 4.78 is 15.5. The first-order valence-electron chi connectivity index (χ1n) is 20.3. The summed E-state index contributed by atoms with van der Waals surface area (Å²) in [6, 6.07) is 0. The third-order valence-corrected chi connectivity index (χ3v) is 18.2. The number of hydrogen-bond acceptors (Lipinski definition) is 6. The number of alkyl halides is 2. The van der Waals surface area contributed by atoms with E-state index in [4.69, 9.17) is 56.2 Å². The van der Waals surface area contributed by atoms with Crippen LogP contribution in [0.3, 0.4) is 0 Å². The van der Waals surface area contributed by atoms with Crippen molar-refractivity contribution in [1.82, 2.24) is 8.84 Å². The molecule has 0 spiro atoms. The zero-order valence-corrected chi connectivity index (χ0v) is 36.0. The van der Waals surface area contributed by atoms with Gasteiger partial charge in [0, 0.05) is 34.4 Å². The molecule has 0 aromatic rings. The second-order valence-corrected chi connectivity index (χ2v) is 21.0. The van der Waals surface area contributed by atoms with Crippen molar-refractivity contribution >= 4 is 58.7 Å². The third kappa shape index (κ3) is 6.33. The van der Waals surface area contributed by atoms with Gasteiger partial charge in [-0.2, -0.15) is 0 Å². The second-order valence-electron chi connectivity index (χ2n) is 19.3. The van der Waals surface area contributed by atoms with E-state index in [9.17, 15) is 9.59 Å². The molecule has 10 heteroatoms. The Morgan fingerprint density at radius 1 is 0.796 bits per heavy atom. The highest BCUT2D eigenvalue weighted by molar-refractivity contribution is 6.33. The molecular formula is C44H60Cl4N2O4. The fourth-order valence-electron chi connectivity index (χ4n) is 13.9. The molecule has 6 nitrogen and oxygen atoms in total. The standard InChI is InChI=1S/C44H60Cl4N2O4/c1-27(2)28-16-21-44(26-53-38(51)36(45)30-12-8-10-24-49(30)47)23-22-42(6)29(35(28)44)14-15-33-41(5)19-18-34(40(3,4)32(41)17-20-43(33,42)7)54-39(52)37(46)31-13-9-11-25-50(31)48/h8-13,28-29,32-37H,1,14-26H2,2-7H3/t28-,29+,32-,33+,34-,35+,36?,37?,41-,42+,43+,44+/m0/s1. The molecule has 7 rings (SSSR count). The van der Waals surface area contributed by atoms with Crippen LogP contribution in [0.1, 0.15) is 106 Å². The summed E-state index contributed by atoms with van der Waals surface area (Å²) in [5, 5.41) is -1.89. The number of rotatable bonds is 8. The lowest BCUT2D eigenvalue weighted by molar-refractivity contribution is -0.252. The summed E-state index contributed by atoms with van der Waals surface area (Å²) in [6.45, 7) is 20.6. The van der Waals surface area contributed by atoms with Crippen molar-refractivity contribution < 1.29 is 19.1 Å². The van der Waals surface area contributed by atoms with E-state index in [2.05, 4.69) is 48.1 Å². The van der Waals surface area contributed by atoms with Crippen molar-refractivity contribution in [3.05, 3.63) is 60.0 Å². The normalized spacial score (nSPS) is 42.0. The van der Waals surface area contributed by atoms with E-state index in [-0.39, 0.29) is 33.2 Å². The molecule has 2 aliphatic heterocycles. The molecular weight excluding hydrogens is 762 g/mol. The summed E-state index contributed by atoms with van der Waals surface area (Å²) in [5.74, 6) is 1.50. The first kappa shape index (κ1) is 40.6. The van der Waals surface area contributed by atoms with Crippen molar-refractivity contribution in [2.45, 2.75) is 123 Å². The van der Waals surface area contributed by atoms with Gasteiger partial charge in [0.05, 0.1) is 31.1 Å². The van der Waals surface area contributed by atoms with Crippen molar-refractivity contribution in [1.29, 1.82) is 0 Å². The van der Waals surface area contributed by atoms with Crippen LogP contribution in [0.5, 0.6) is 0 Å². The lowest BCUT2D eigenvalue weighted by Crippen LogP contribution is -2.67. The minimum atomic E-state index is -0.943. The number of halogens is 4. The lowest BCUT2D eigenvalue weighted by atomic mass is 9.32. The second kappa shape index (κ2) is 14.7. The van der Waals surface area contributed by atoms with Crippen LogP contribution in [0.4, 0.5) is 0 Å². The minimum Gasteiger partial charge on any atom is -0.464 e. The topological polar surface area (TPSA) is 59.1 Å². The van der Waals surface area contributed by atoms with Crippen molar-refractivity contribution in [3.63, 3.8) is 0 Å². The highest BCUT2D eigenvalue weighted by Crippen LogP contribution is 2.77. The average Bonchev–Trinajstić information content (AvgIpc) is 3.52. The Morgan fingerprint density at radius 3 is 2.04 bits per heavy atom. The summed E-state index contributed by atoms with van der Waals surface area (Å²) in [6.07, 6.45) is 21.8. The van der Waals surface area contributed by atoms with Crippen LogP contribution in [-0.2, 0) is 19.1 Å². The molecule has 0 aromatic heterocycles. The van der Waals surface area contributed by atoms with Crippen LogP contribution in [0.25, 0.3) is 0 Å². The van der Waals surface area contributed by atoms with E-state index in [1.165, 1.54) is 27.3 Å². The van der Waals surface area contributed by atoms with Gasteiger partial charge in [-0.1, -0.05) is 71.1 Å². The molecule has 54 heavy (non-hydrogen) atoms. The predicted octanol–water partition coefficient (Wildman–Crippen LogP) is 11.1. The van der Waals surface area contributed by atoms with Gasteiger partial charge in [-0.15, -0.1) is 23.2 Å². The van der Waals surface area contributed by atoms with Gasteiger partial charge in [0.2, 0.25) is 0 Å². The number of allylic oxidation sites excluding steroid dienone is 5. The van der Waals surface area contributed by atoms with E-state index in [0.29, 0.717) is 60.7 Å².